The van der Waals surface area contributed by atoms with Crippen LogP contribution in [0.5, 0.6) is 5.75 Å². The number of hydrogen-bond acceptors (Lipinski definition) is 5. The van der Waals surface area contributed by atoms with Gasteiger partial charge in [0.2, 0.25) is 0 Å². The molecule has 1 aromatic carbocycles. The summed E-state index contributed by atoms with van der Waals surface area (Å²) in [5.41, 5.74) is 2.64. The number of anilines is 1. The summed E-state index contributed by atoms with van der Waals surface area (Å²) in [6, 6.07) is 14.1. The van der Waals surface area contributed by atoms with Gasteiger partial charge in [0.1, 0.15) is 5.75 Å². The standard InChI is InChI=1S/C25H34N4O2/c1-31-24-8-3-2-6-23(24)28-14-12-26(13-15-28)10-5-11-27-17-20-16-21(19-27)22-7-4-9-25(30)29(22)18-20/h2-4,6-9,20-21H,5,10-19H2,1H3/t20-,21-/m1/s1. The van der Waals surface area contributed by atoms with Crippen molar-refractivity contribution in [2.45, 2.75) is 25.3 Å². The Morgan fingerprint density at radius 1 is 0.903 bits per heavy atom. The molecule has 0 spiro atoms. The van der Waals surface area contributed by atoms with Gasteiger partial charge in [-0.3, -0.25) is 9.69 Å². The lowest BCUT2D eigenvalue weighted by Crippen LogP contribution is -2.49. The molecule has 2 fully saturated rings. The zero-order chi connectivity index (χ0) is 21.2. The van der Waals surface area contributed by atoms with E-state index in [9.17, 15) is 4.79 Å². The third-order valence-corrected chi connectivity index (χ3v) is 7.30. The molecule has 0 saturated carbocycles. The normalized spacial score (nSPS) is 24.1. The van der Waals surface area contributed by atoms with Crippen LogP contribution in [0.25, 0.3) is 0 Å². The van der Waals surface area contributed by atoms with Gasteiger partial charge in [0.25, 0.3) is 5.56 Å². The summed E-state index contributed by atoms with van der Waals surface area (Å²) < 4.78 is 7.56. The van der Waals surface area contributed by atoms with Gasteiger partial charge in [-0.05, 0) is 50.0 Å². The van der Waals surface area contributed by atoms with Crippen LogP contribution in [0.15, 0.2) is 47.3 Å². The Morgan fingerprint density at radius 2 is 1.71 bits per heavy atom. The molecule has 0 radical (unpaired) electrons. The van der Waals surface area contributed by atoms with Crippen molar-refractivity contribution < 1.29 is 4.74 Å². The van der Waals surface area contributed by atoms with Crippen molar-refractivity contribution in [1.82, 2.24) is 14.4 Å². The van der Waals surface area contributed by atoms with Crippen LogP contribution in [0.3, 0.4) is 0 Å². The summed E-state index contributed by atoms with van der Waals surface area (Å²) in [6.07, 6.45) is 2.46. The lowest BCUT2D eigenvalue weighted by Gasteiger charge is -2.43. The van der Waals surface area contributed by atoms with E-state index < -0.39 is 0 Å². The largest absolute Gasteiger partial charge is 0.495 e. The fraction of sp³-hybridized carbons (Fsp3) is 0.560. The van der Waals surface area contributed by atoms with Gasteiger partial charge in [-0.25, -0.2) is 0 Å². The number of methoxy groups -OCH3 is 1. The Bertz CT molecular complexity index is 951. The van der Waals surface area contributed by atoms with Gasteiger partial charge in [-0.1, -0.05) is 18.2 Å². The highest BCUT2D eigenvalue weighted by Gasteiger charge is 2.34. The number of rotatable bonds is 6. The fourth-order valence-electron chi connectivity index (χ4n) is 5.80. The molecule has 2 saturated heterocycles. The maximum absolute atomic E-state index is 12.2. The second-order valence-electron chi connectivity index (χ2n) is 9.31. The Kier molecular flexibility index (Phi) is 6.01. The van der Waals surface area contributed by atoms with Gasteiger partial charge < -0.3 is 19.1 Å². The van der Waals surface area contributed by atoms with E-state index in [1.165, 1.54) is 30.8 Å². The van der Waals surface area contributed by atoms with Crippen LogP contribution in [0, 0.1) is 5.92 Å². The number of nitrogens with zero attached hydrogens (tertiary/aromatic N) is 4. The van der Waals surface area contributed by atoms with Crippen LogP contribution < -0.4 is 15.2 Å². The summed E-state index contributed by atoms with van der Waals surface area (Å²) in [4.78, 5) is 19.9. The van der Waals surface area contributed by atoms with Gasteiger partial charge in [0.15, 0.2) is 0 Å². The van der Waals surface area contributed by atoms with Crippen molar-refractivity contribution in [1.29, 1.82) is 0 Å². The van der Waals surface area contributed by atoms with Gasteiger partial charge in [0, 0.05) is 63.5 Å². The summed E-state index contributed by atoms with van der Waals surface area (Å²) in [6.45, 7) is 9.80. The molecule has 3 aliphatic heterocycles. The zero-order valence-electron chi connectivity index (χ0n) is 18.6. The predicted octanol–water partition coefficient (Wildman–Crippen LogP) is 2.49. The van der Waals surface area contributed by atoms with Crippen molar-refractivity contribution in [2.24, 2.45) is 5.92 Å². The van der Waals surface area contributed by atoms with Gasteiger partial charge >= 0.3 is 0 Å². The molecule has 5 rings (SSSR count). The molecule has 6 nitrogen and oxygen atoms in total. The summed E-state index contributed by atoms with van der Waals surface area (Å²) in [5, 5.41) is 0. The van der Waals surface area contributed by atoms with Crippen LogP contribution >= 0.6 is 0 Å². The van der Waals surface area contributed by atoms with E-state index in [4.69, 9.17) is 4.74 Å². The second kappa shape index (κ2) is 9.05. The number of aromatic nitrogens is 1. The number of para-hydroxylation sites is 2. The van der Waals surface area contributed by atoms with E-state index in [0.717, 1.165) is 58.1 Å². The molecule has 2 atom stereocenters. The number of piperidine rings is 1. The summed E-state index contributed by atoms with van der Waals surface area (Å²) in [5.74, 6) is 2.11. The molecule has 0 N–H and O–H groups in total. The summed E-state index contributed by atoms with van der Waals surface area (Å²) in [7, 11) is 1.75. The number of hydrogen-bond donors (Lipinski definition) is 0. The first-order chi connectivity index (χ1) is 15.2. The average Bonchev–Trinajstić information content (AvgIpc) is 2.80. The first-order valence-corrected chi connectivity index (χ1v) is 11.7. The van der Waals surface area contributed by atoms with Crippen molar-refractivity contribution in [3.63, 3.8) is 0 Å². The Morgan fingerprint density at radius 3 is 2.55 bits per heavy atom. The Hall–Kier alpha value is -2.31. The van der Waals surface area contributed by atoms with Crippen LogP contribution in [-0.2, 0) is 6.54 Å². The number of fused-ring (bicyclic) bond motifs is 4. The van der Waals surface area contributed by atoms with Crippen molar-refractivity contribution >= 4 is 5.69 Å². The van der Waals surface area contributed by atoms with Crippen LogP contribution in [0.4, 0.5) is 5.69 Å². The molecule has 0 amide bonds. The quantitative estimate of drug-likeness (QED) is 0.716. The smallest absolute Gasteiger partial charge is 0.250 e. The molecule has 0 unspecified atom stereocenters. The van der Waals surface area contributed by atoms with E-state index in [2.05, 4.69) is 32.9 Å². The van der Waals surface area contributed by atoms with Crippen LogP contribution in [-0.4, -0.2) is 73.8 Å². The lowest BCUT2D eigenvalue weighted by molar-refractivity contribution is 0.114. The predicted molar refractivity (Wildman–Crippen MR) is 124 cm³/mol. The molecule has 3 aliphatic rings. The molecule has 6 heteroatoms. The van der Waals surface area contributed by atoms with Crippen LogP contribution in [0.1, 0.15) is 24.5 Å². The Labute approximate surface area is 185 Å². The minimum Gasteiger partial charge on any atom is -0.495 e. The van der Waals surface area contributed by atoms with Gasteiger partial charge in [0.05, 0.1) is 12.8 Å². The van der Waals surface area contributed by atoms with Crippen molar-refractivity contribution in [3.8, 4) is 5.75 Å². The maximum Gasteiger partial charge on any atom is 0.250 e. The van der Waals surface area contributed by atoms with E-state index in [1.807, 2.05) is 22.8 Å². The third-order valence-electron chi connectivity index (χ3n) is 7.30. The number of likely N-dealkylation sites (tertiary alicyclic amines) is 1. The highest BCUT2D eigenvalue weighted by atomic mass is 16.5. The highest BCUT2D eigenvalue weighted by molar-refractivity contribution is 5.58. The minimum atomic E-state index is 0.174. The minimum absolute atomic E-state index is 0.174. The average molecular weight is 423 g/mol. The van der Waals surface area contributed by atoms with Crippen LogP contribution in [0.2, 0.25) is 0 Å². The monoisotopic (exact) mass is 422 g/mol. The molecule has 166 valence electrons. The molecule has 4 heterocycles. The van der Waals surface area contributed by atoms with Gasteiger partial charge in [-0.2, -0.15) is 0 Å². The molecule has 1 aromatic heterocycles. The van der Waals surface area contributed by atoms with Crippen molar-refractivity contribution in [3.05, 3.63) is 58.5 Å². The number of pyridine rings is 1. The molecular formula is C25H34N4O2. The molecule has 2 aromatic rings. The Balaban J connectivity index is 1.09. The van der Waals surface area contributed by atoms with Crippen molar-refractivity contribution in [2.75, 3.05) is 64.4 Å². The molecular weight excluding hydrogens is 388 g/mol. The van der Waals surface area contributed by atoms with E-state index in [1.54, 1.807) is 13.2 Å². The first-order valence-electron chi connectivity index (χ1n) is 11.7. The molecule has 2 bridgehead atoms. The first kappa shape index (κ1) is 20.6. The van der Waals surface area contributed by atoms with E-state index >= 15 is 0 Å². The van der Waals surface area contributed by atoms with Gasteiger partial charge in [-0.15, -0.1) is 0 Å². The fourth-order valence-corrected chi connectivity index (χ4v) is 5.80. The topological polar surface area (TPSA) is 41.0 Å². The highest BCUT2D eigenvalue weighted by Crippen LogP contribution is 2.35. The second-order valence-corrected chi connectivity index (χ2v) is 9.31. The lowest BCUT2D eigenvalue weighted by atomic mass is 9.83. The number of piperazine rings is 1. The zero-order valence-corrected chi connectivity index (χ0v) is 18.6. The third kappa shape index (κ3) is 4.37. The van der Waals surface area contributed by atoms with E-state index in [-0.39, 0.29) is 5.56 Å². The van der Waals surface area contributed by atoms with E-state index in [0.29, 0.717) is 11.8 Å². The number of benzene rings is 1. The summed E-state index contributed by atoms with van der Waals surface area (Å²) >= 11 is 0. The molecule has 31 heavy (non-hydrogen) atoms. The maximum atomic E-state index is 12.2. The SMILES string of the molecule is COc1ccccc1N1CCN(CCCN2C[C@H]3C[C@H](C2)c2cccc(=O)n2C3)CC1. The number of ether oxygens (including phenoxy) is 1. The molecule has 0 aliphatic carbocycles.